The van der Waals surface area contributed by atoms with Crippen LogP contribution >= 0.6 is 46.4 Å². The van der Waals surface area contributed by atoms with Crippen molar-refractivity contribution < 1.29 is 0 Å². The van der Waals surface area contributed by atoms with Crippen LogP contribution in [0.1, 0.15) is 0 Å². The Bertz CT molecular complexity index is 242. The maximum absolute atomic E-state index is 5.68. The fourth-order valence-corrected chi connectivity index (χ4v) is 1.37. The molecule has 0 spiro atoms. The lowest BCUT2D eigenvalue weighted by Crippen LogP contribution is -1.73. The topological polar surface area (TPSA) is 0 Å². The van der Waals surface area contributed by atoms with Crippen LogP contribution in [0.4, 0.5) is 0 Å². The quantitative estimate of drug-likeness (QED) is 0.575. The summed E-state index contributed by atoms with van der Waals surface area (Å²) in [5, 5.41) is 0.872. The molecule has 0 saturated carbocycles. The normalized spacial score (nSPS) is 17.0. The first-order chi connectivity index (χ1) is 4.63. The fraction of sp³-hybridized carbons (Fsp3) is 0. The molecule has 1 rings (SSSR count). The van der Waals surface area contributed by atoms with Crippen molar-refractivity contribution in [2.75, 3.05) is 0 Å². The summed E-state index contributed by atoms with van der Waals surface area (Å²) in [5.41, 5.74) is 0.579. The molecule has 0 unspecified atom stereocenters. The molecule has 0 N–H and O–H groups in total. The maximum Gasteiger partial charge on any atom is 0.115 e. The Labute approximate surface area is 78.7 Å². The van der Waals surface area contributed by atoms with E-state index < -0.39 is 0 Å². The van der Waals surface area contributed by atoms with Crippen molar-refractivity contribution in [2.45, 2.75) is 0 Å². The van der Waals surface area contributed by atoms with E-state index in [4.69, 9.17) is 46.4 Å². The van der Waals surface area contributed by atoms with Crippen LogP contribution in [0.25, 0.3) is 0 Å². The highest BCUT2D eigenvalue weighted by molar-refractivity contribution is 6.57. The van der Waals surface area contributed by atoms with Gasteiger partial charge in [-0.15, -0.1) is 0 Å². The van der Waals surface area contributed by atoms with Crippen molar-refractivity contribution in [1.82, 2.24) is 0 Å². The Morgan fingerprint density at radius 1 is 1.10 bits per heavy atom. The van der Waals surface area contributed by atoms with Gasteiger partial charge in [0, 0.05) is 5.57 Å². The minimum absolute atomic E-state index is 0.136. The Morgan fingerprint density at radius 3 is 1.90 bits per heavy atom. The highest BCUT2D eigenvalue weighted by Crippen LogP contribution is 2.34. The van der Waals surface area contributed by atoms with E-state index in [0.29, 0.717) is 15.6 Å². The zero-order valence-electron chi connectivity index (χ0n) is 4.67. The standard InChI is InChI=1S/C6H2Cl4/c7-4-2-1-3(5(4)8)6(9)10/h1-2H. The average Bonchev–Trinajstić information content (AvgIpc) is 2.14. The minimum atomic E-state index is 0.136. The smallest absolute Gasteiger partial charge is 0.0827 e. The van der Waals surface area contributed by atoms with Crippen molar-refractivity contribution in [2.24, 2.45) is 0 Å². The molecule has 0 nitrogen and oxygen atoms in total. The van der Waals surface area contributed by atoms with Crippen molar-refractivity contribution in [1.29, 1.82) is 0 Å². The van der Waals surface area contributed by atoms with Gasteiger partial charge in [-0.25, -0.2) is 0 Å². The molecule has 0 radical (unpaired) electrons. The largest absolute Gasteiger partial charge is 0.115 e. The molecule has 54 valence electrons. The summed E-state index contributed by atoms with van der Waals surface area (Å²) in [6, 6.07) is 0. The number of allylic oxidation sites excluding steroid dienone is 5. The van der Waals surface area contributed by atoms with Gasteiger partial charge in [-0.2, -0.15) is 0 Å². The predicted octanol–water partition coefficient (Wildman–Crippen LogP) is 3.93. The first-order valence-corrected chi connectivity index (χ1v) is 3.93. The third kappa shape index (κ3) is 1.51. The number of hydrogen-bond acceptors (Lipinski definition) is 0. The van der Waals surface area contributed by atoms with E-state index >= 15 is 0 Å². The summed E-state index contributed by atoms with van der Waals surface area (Å²) < 4.78 is 0.136. The summed E-state index contributed by atoms with van der Waals surface area (Å²) in [5.74, 6) is 0. The van der Waals surface area contributed by atoms with Crippen molar-refractivity contribution in [3.05, 3.63) is 32.3 Å². The molecule has 0 aromatic heterocycles. The van der Waals surface area contributed by atoms with Gasteiger partial charge in [0.1, 0.15) is 4.49 Å². The van der Waals surface area contributed by atoms with E-state index in [9.17, 15) is 0 Å². The van der Waals surface area contributed by atoms with Crippen LogP contribution in [-0.4, -0.2) is 0 Å². The fourth-order valence-electron chi connectivity index (χ4n) is 0.577. The summed E-state index contributed by atoms with van der Waals surface area (Å²) in [6.45, 7) is 0. The highest BCUT2D eigenvalue weighted by Gasteiger charge is 2.12. The molecule has 1 aliphatic rings. The zero-order chi connectivity index (χ0) is 7.72. The summed E-state index contributed by atoms with van der Waals surface area (Å²) in [6.07, 6.45) is 3.31. The van der Waals surface area contributed by atoms with Crippen LogP contribution in [0, 0.1) is 0 Å². The molecule has 0 aromatic rings. The highest BCUT2D eigenvalue weighted by atomic mass is 35.5. The van der Waals surface area contributed by atoms with Gasteiger partial charge in [0.15, 0.2) is 0 Å². The zero-order valence-corrected chi connectivity index (χ0v) is 7.69. The number of hydrogen-bond donors (Lipinski definition) is 0. The predicted molar refractivity (Wildman–Crippen MR) is 46.6 cm³/mol. The van der Waals surface area contributed by atoms with Crippen LogP contribution in [0.2, 0.25) is 0 Å². The molecular weight excluding hydrogens is 214 g/mol. The Kier molecular flexibility index (Phi) is 2.70. The number of rotatable bonds is 0. The molecule has 1 aliphatic carbocycles. The molecule has 0 fully saturated rings. The third-order valence-corrected chi connectivity index (χ3v) is 2.27. The van der Waals surface area contributed by atoms with E-state index in [0.717, 1.165) is 0 Å². The van der Waals surface area contributed by atoms with Gasteiger partial charge in [0.25, 0.3) is 0 Å². The second kappa shape index (κ2) is 3.19. The summed E-state index contributed by atoms with van der Waals surface area (Å²) in [4.78, 5) is 0. The summed E-state index contributed by atoms with van der Waals surface area (Å²) in [7, 11) is 0. The van der Waals surface area contributed by atoms with Gasteiger partial charge in [-0.1, -0.05) is 46.4 Å². The minimum Gasteiger partial charge on any atom is -0.0827 e. The second-order valence-corrected chi connectivity index (χ2v) is 3.40. The van der Waals surface area contributed by atoms with Crippen molar-refractivity contribution in [3.8, 4) is 0 Å². The molecule has 4 heteroatoms. The molecule has 0 heterocycles. The van der Waals surface area contributed by atoms with Crippen LogP contribution in [-0.2, 0) is 0 Å². The van der Waals surface area contributed by atoms with Gasteiger partial charge < -0.3 is 0 Å². The maximum atomic E-state index is 5.68. The second-order valence-electron chi connectivity index (χ2n) is 1.67. The molecule has 0 saturated heterocycles. The Balaban J connectivity index is 3.11. The molecular formula is C6H2Cl4. The molecule has 0 amide bonds. The van der Waals surface area contributed by atoms with E-state index in [1.807, 2.05) is 0 Å². The van der Waals surface area contributed by atoms with Crippen molar-refractivity contribution in [3.63, 3.8) is 0 Å². The summed E-state index contributed by atoms with van der Waals surface area (Å²) >= 11 is 22.2. The molecule has 0 aromatic carbocycles. The molecule has 0 bridgehead atoms. The van der Waals surface area contributed by atoms with Gasteiger partial charge in [0.05, 0.1) is 10.1 Å². The van der Waals surface area contributed by atoms with E-state index in [1.165, 1.54) is 0 Å². The van der Waals surface area contributed by atoms with Crippen LogP contribution < -0.4 is 0 Å². The van der Waals surface area contributed by atoms with E-state index in [1.54, 1.807) is 12.2 Å². The first-order valence-electron chi connectivity index (χ1n) is 2.42. The number of halogens is 4. The van der Waals surface area contributed by atoms with Crippen LogP contribution in [0.15, 0.2) is 32.3 Å². The van der Waals surface area contributed by atoms with Crippen LogP contribution in [0.3, 0.4) is 0 Å². The molecule has 0 atom stereocenters. The lowest BCUT2D eigenvalue weighted by Gasteiger charge is -1.93. The van der Waals surface area contributed by atoms with E-state index in [-0.39, 0.29) is 4.49 Å². The molecule has 10 heavy (non-hydrogen) atoms. The van der Waals surface area contributed by atoms with Gasteiger partial charge >= 0.3 is 0 Å². The lowest BCUT2D eigenvalue weighted by atomic mass is 10.3. The van der Waals surface area contributed by atoms with Gasteiger partial charge in [-0.05, 0) is 12.2 Å². The monoisotopic (exact) mass is 214 g/mol. The van der Waals surface area contributed by atoms with E-state index in [2.05, 4.69) is 0 Å². The third-order valence-electron chi connectivity index (χ3n) is 1.05. The van der Waals surface area contributed by atoms with Gasteiger partial charge in [0.2, 0.25) is 0 Å². The SMILES string of the molecule is ClC(Cl)=C1C=CC(Cl)=C1Cl. The van der Waals surface area contributed by atoms with Gasteiger partial charge in [-0.3, -0.25) is 0 Å². The lowest BCUT2D eigenvalue weighted by molar-refractivity contribution is 1.74. The van der Waals surface area contributed by atoms with Crippen molar-refractivity contribution >= 4 is 46.4 Å². The first kappa shape index (κ1) is 8.48. The average molecular weight is 216 g/mol. The molecule has 0 aliphatic heterocycles. The Hall–Kier alpha value is 0.380. The Morgan fingerprint density at radius 2 is 1.70 bits per heavy atom. The van der Waals surface area contributed by atoms with Crippen LogP contribution in [0.5, 0.6) is 0 Å².